The van der Waals surface area contributed by atoms with Crippen molar-refractivity contribution >= 4 is 16.7 Å². The van der Waals surface area contributed by atoms with E-state index >= 15 is 0 Å². The standard InChI is InChI=1S/C16H21FN2/c1-6-18-15-12(16(3,4)5)9-11-7-8-13(17)10(2)14(11)19-15/h7-9H,6H2,1-5H3,(H,18,19). The monoisotopic (exact) mass is 260 g/mol. The van der Waals surface area contributed by atoms with E-state index in [0.29, 0.717) is 5.56 Å². The number of hydrogen-bond donors (Lipinski definition) is 1. The molecule has 1 aromatic heterocycles. The van der Waals surface area contributed by atoms with Crippen molar-refractivity contribution in [2.75, 3.05) is 11.9 Å². The maximum Gasteiger partial charge on any atom is 0.130 e. The van der Waals surface area contributed by atoms with Crippen LogP contribution in [0.4, 0.5) is 10.2 Å². The first-order chi connectivity index (χ1) is 8.84. The summed E-state index contributed by atoms with van der Waals surface area (Å²) < 4.78 is 13.6. The van der Waals surface area contributed by atoms with Crippen molar-refractivity contribution in [1.82, 2.24) is 4.98 Å². The molecule has 3 heteroatoms. The van der Waals surface area contributed by atoms with E-state index in [1.54, 1.807) is 13.0 Å². The SMILES string of the molecule is CCNc1nc2c(C)c(F)ccc2cc1C(C)(C)C. The number of fused-ring (bicyclic) bond motifs is 1. The number of rotatable bonds is 2. The van der Waals surface area contributed by atoms with Crippen LogP contribution >= 0.6 is 0 Å². The zero-order chi connectivity index (χ0) is 14.2. The van der Waals surface area contributed by atoms with E-state index in [2.05, 4.69) is 37.1 Å². The Bertz CT molecular complexity index is 612. The van der Waals surface area contributed by atoms with Crippen LogP contribution in [0.15, 0.2) is 18.2 Å². The zero-order valence-corrected chi connectivity index (χ0v) is 12.3. The summed E-state index contributed by atoms with van der Waals surface area (Å²) >= 11 is 0. The molecule has 0 saturated heterocycles. The summed E-state index contributed by atoms with van der Waals surface area (Å²) in [6.45, 7) is 11.1. The molecule has 0 unspecified atom stereocenters. The average Bonchev–Trinajstić information content (AvgIpc) is 2.33. The fourth-order valence-electron chi connectivity index (χ4n) is 2.23. The highest BCUT2D eigenvalue weighted by Gasteiger charge is 2.20. The molecule has 0 bridgehead atoms. The average molecular weight is 260 g/mol. The molecule has 0 aliphatic carbocycles. The molecular formula is C16H21FN2. The molecule has 1 N–H and O–H groups in total. The van der Waals surface area contributed by atoms with Crippen LogP contribution in [0.1, 0.15) is 38.8 Å². The van der Waals surface area contributed by atoms with Gasteiger partial charge in [0.2, 0.25) is 0 Å². The molecule has 19 heavy (non-hydrogen) atoms. The highest BCUT2D eigenvalue weighted by Crippen LogP contribution is 2.32. The number of pyridine rings is 1. The van der Waals surface area contributed by atoms with E-state index in [0.717, 1.165) is 28.8 Å². The van der Waals surface area contributed by atoms with E-state index < -0.39 is 0 Å². The number of benzene rings is 1. The second-order valence-corrected chi connectivity index (χ2v) is 5.91. The summed E-state index contributed by atoms with van der Waals surface area (Å²) in [5.41, 5.74) is 2.51. The van der Waals surface area contributed by atoms with Gasteiger partial charge in [-0.25, -0.2) is 9.37 Å². The van der Waals surface area contributed by atoms with Crippen molar-refractivity contribution in [2.24, 2.45) is 0 Å². The van der Waals surface area contributed by atoms with Gasteiger partial charge in [-0.3, -0.25) is 0 Å². The quantitative estimate of drug-likeness (QED) is 0.865. The molecular weight excluding hydrogens is 239 g/mol. The Hall–Kier alpha value is -1.64. The number of halogens is 1. The molecule has 102 valence electrons. The minimum absolute atomic E-state index is 0.000976. The molecule has 0 radical (unpaired) electrons. The Morgan fingerprint density at radius 2 is 1.95 bits per heavy atom. The van der Waals surface area contributed by atoms with Crippen molar-refractivity contribution < 1.29 is 4.39 Å². The first kappa shape index (κ1) is 13.8. The maximum absolute atomic E-state index is 13.6. The molecule has 1 heterocycles. The van der Waals surface area contributed by atoms with Crippen LogP contribution in [-0.2, 0) is 5.41 Å². The molecule has 2 nitrogen and oxygen atoms in total. The molecule has 0 aliphatic heterocycles. The second kappa shape index (κ2) is 4.80. The number of aromatic nitrogens is 1. The largest absolute Gasteiger partial charge is 0.370 e. The van der Waals surface area contributed by atoms with Crippen molar-refractivity contribution in [3.8, 4) is 0 Å². The molecule has 2 aromatic rings. The molecule has 0 fully saturated rings. The van der Waals surface area contributed by atoms with Gasteiger partial charge in [0.1, 0.15) is 11.6 Å². The lowest BCUT2D eigenvalue weighted by molar-refractivity contribution is 0.590. The van der Waals surface area contributed by atoms with E-state index in [1.807, 2.05) is 6.92 Å². The molecule has 0 saturated carbocycles. The van der Waals surface area contributed by atoms with Crippen molar-refractivity contribution in [3.63, 3.8) is 0 Å². The van der Waals surface area contributed by atoms with Crippen LogP contribution in [0.5, 0.6) is 0 Å². The van der Waals surface area contributed by atoms with Crippen molar-refractivity contribution in [2.45, 2.75) is 40.0 Å². The van der Waals surface area contributed by atoms with Crippen LogP contribution in [0.25, 0.3) is 10.9 Å². The second-order valence-electron chi connectivity index (χ2n) is 5.91. The van der Waals surface area contributed by atoms with Crippen LogP contribution in [0.2, 0.25) is 0 Å². The molecule has 0 aliphatic rings. The van der Waals surface area contributed by atoms with E-state index in [9.17, 15) is 4.39 Å². The maximum atomic E-state index is 13.6. The third kappa shape index (κ3) is 2.55. The number of hydrogen-bond acceptors (Lipinski definition) is 2. The third-order valence-electron chi connectivity index (χ3n) is 3.33. The number of aryl methyl sites for hydroxylation is 1. The van der Waals surface area contributed by atoms with Gasteiger partial charge in [-0.2, -0.15) is 0 Å². The fraction of sp³-hybridized carbons (Fsp3) is 0.438. The summed E-state index contributed by atoms with van der Waals surface area (Å²) in [6.07, 6.45) is 0. The summed E-state index contributed by atoms with van der Waals surface area (Å²) in [5.74, 6) is 0.655. The first-order valence-electron chi connectivity index (χ1n) is 6.68. The Balaban J connectivity index is 2.76. The normalized spacial score (nSPS) is 11.9. The van der Waals surface area contributed by atoms with Gasteiger partial charge in [-0.15, -0.1) is 0 Å². The minimum atomic E-state index is -0.203. The van der Waals surface area contributed by atoms with Gasteiger partial charge in [-0.05, 0) is 37.5 Å². The lowest BCUT2D eigenvalue weighted by atomic mass is 9.86. The topological polar surface area (TPSA) is 24.9 Å². The lowest BCUT2D eigenvalue weighted by Crippen LogP contribution is -2.16. The van der Waals surface area contributed by atoms with Gasteiger partial charge < -0.3 is 5.32 Å². The number of nitrogens with one attached hydrogen (secondary N) is 1. The highest BCUT2D eigenvalue weighted by atomic mass is 19.1. The van der Waals surface area contributed by atoms with Crippen LogP contribution in [0, 0.1) is 12.7 Å². The zero-order valence-electron chi connectivity index (χ0n) is 12.3. The Kier molecular flexibility index (Phi) is 3.48. The van der Waals surface area contributed by atoms with Crippen LogP contribution < -0.4 is 5.32 Å². The third-order valence-corrected chi connectivity index (χ3v) is 3.33. The molecule has 1 aromatic carbocycles. The molecule has 0 spiro atoms. The summed E-state index contributed by atoms with van der Waals surface area (Å²) in [6, 6.07) is 5.43. The molecule has 2 rings (SSSR count). The predicted octanol–water partition coefficient (Wildman–Crippen LogP) is 4.41. The van der Waals surface area contributed by atoms with E-state index in [1.165, 1.54) is 6.07 Å². The van der Waals surface area contributed by atoms with Gasteiger partial charge in [0.25, 0.3) is 0 Å². The molecule has 0 amide bonds. The Morgan fingerprint density at radius 3 is 2.53 bits per heavy atom. The Labute approximate surface area is 114 Å². The van der Waals surface area contributed by atoms with Crippen LogP contribution in [0.3, 0.4) is 0 Å². The van der Waals surface area contributed by atoms with E-state index in [-0.39, 0.29) is 11.2 Å². The van der Waals surface area contributed by atoms with Gasteiger partial charge in [-0.1, -0.05) is 20.8 Å². The summed E-state index contributed by atoms with van der Waals surface area (Å²) in [7, 11) is 0. The van der Waals surface area contributed by atoms with Gasteiger partial charge in [0.15, 0.2) is 0 Å². The highest BCUT2D eigenvalue weighted by molar-refractivity contribution is 5.85. The predicted molar refractivity (Wildman–Crippen MR) is 79.3 cm³/mol. The smallest absolute Gasteiger partial charge is 0.130 e. The van der Waals surface area contributed by atoms with E-state index in [4.69, 9.17) is 0 Å². The lowest BCUT2D eigenvalue weighted by Gasteiger charge is -2.23. The van der Waals surface area contributed by atoms with Gasteiger partial charge in [0.05, 0.1) is 5.52 Å². The summed E-state index contributed by atoms with van der Waals surface area (Å²) in [4.78, 5) is 4.64. The van der Waals surface area contributed by atoms with Crippen LogP contribution in [-0.4, -0.2) is 11.5 Å². The Morgan fingerprint density at radius 1 is 1.26 bits per heavy atom. The minimum Gasteiger partial charge on any atom is -0.370 e. The van der Waals surface area contributed by atoms with Gasteiger partial charge in [0, 0.05) is 23.1 Å². The summed E-state index contributed by atoms with van der Waals surface area (Å²) in [5, 5.41) is 4.28. The number of anilines is 1. The first-order valence-corrected chi connectivity index (χ1v) is 6.68. The molecule has 0 atom stereocenters. The fourth-order valence-corrected chi connectivity index (χ4v) is 2.23. The van der Waals surface area contributed by atoms with Gasteiger partial charge >= 0.3 is 0 Å². The van der Waals surface area contributed by atoms with Crippen molar-refractivity contribution in [3.05, 3.63) is 35.1 Å². The van der Waals surface area contributed by atoms with Crippen molar-refractivity contribution in [1.29, 1.82) is 0 Å². The number of nitrogens with zero attached hydrogens (tertiary/aromatic N) is 1.